The molecule has 1 aromatic heterocycles. The number of aromatic nitrogens is 2. The first-order valence-electron chi connectivity index (χ1n) is 5.82. The van der Waals surface area contributed by atoms with Gasteiger partial charge in [0, 0.05) is 13.1 Å². The van der Waals surface area contributed by atoms with E-state index in [0.29, 0.717) is 11.4 Å². The van der Waals surface area contributed by atoms with Crippen molar-refractivity contribution in [1.82, 2.24) is 10.2 Å². The smallest absolute Gasteiger partial charge is 0.389 e. The Kier molecular flexibility index (Phi) is 3.88. The van der Waals surface area contributed by atoms with E-state index >= 15 is 0 Å². The molecule has 0 aromatic carbocycles. The van der Waals surface area contributed by atoms with Gasteiger partial charge in [0.25, 0.3) is 0 Å². The van der Waals surface area contributed by atoms with E-state index in [0.717, 1.165) is 0 Å². The van der Waals surface area contributed by atoms with E-state index in [1.54, 1.807) is 11.0 Å². The number of thiocarbonyl (C=S) groups is 1. The van der Waals surface area contributed by atoms with Crippen molar-refractivity contribution < 1.29 is 13.2 Å². The molecule has 0 amide bonds. The molecule has 4 nitrogen and oxygen atoms in total. The van der Waals surface area contributed by atoms with Crippen molar-refractivity contribution in [2.75, 3.05) is 18.0 Å². The molecule has 0 unspecified atom stereocenters. The average Bonchev–Trinajstić information content (AvgIpc) is 2.38. The summed E-state index contributed by atoms with van der Waals surface area (Å²) in [6.07, 6.45) is -2.56. The molecule has 19 heavy (non-hydrogen) atoms. The quantitative estimate of drug-likeness (QED) is 0.843. The number of hydrogen-bond acceptors (Lipinski definition) is 4. The van der Waals surface area contributed by atoms with Crippen LogP contribution in [0.5, 0.6) is 0 Å². The Morgan fingerprint density at radius 1 is 1.37 bits per heavy atom. The third-order valence-electron chi connectivity index (χ3n) is 3.22. The topological polar surface area (TPSA) is 55.0 Å². The van der Waals surface area contributed by atoms with Gasteiger partial charge in [-0.2, -0.15) is 18.3 Å². The fraction of sp³-hybridized carbons (Fsp3) is 0.545. The normalized spacial score (nSPS) is 17.5. The van der Waals surface area contributed by atoms with Crippen LogP contribution >= 0.6 is 12.2 Å². The molecule has 1 saturated heterocycles. The Labute approximate surface area is 113 Å². The van der Waals surface area contributed by atoms with Crippen molar-refractivity contribution in [3.63, 3.8) is 0 Å². The van der Waals surface area contributed by atoms with E-state index in [1.165, 1.54) is 6.20 Å². The first-order valence-corrected chi connectivity index (χ1v) is 6.23. The predicted molar refractivity (Wildman–Crippen MR) is 68.9 cm³/mol. The van der Waals surface area contributed by atoms with Gasteiger partial charge < -0.3 is 10.6 Å². The highest BCUT2D eigenvalue weighted by Crippen LogP contribution is 2.35. The van der Waals surface area contributed by atoms with Gasteiger partial charge >= 0.3 is 6.18 Å². The van der Waals surface area contributed by atoms with Crippen LogP contribution in [0.25, 0.3) is 0 Å². The number of anilines is 1. The fourth-order valence-electron chi connectivity index (χ4n) is 2.17. The van der Waals surface area contributed by atoms with Crippen LogP contribution in [0.4, 0.5) is 19.0 Å². The molecule has 8 heteroatoms. The molecule has 1 aromatic rings. The number of halogens is 3. The van der Waals surface area contributed by atoms with Gasteiger partial charge in [-0.1, -0.05) is 12.2 Å². The van der Waals surface area contributed by atoms with Crippen LogP contribution in [0.3, 0.4) is 0 Å². The summed E-state index contributed by atoms with van der Waals surface area (Å²) in [5, 5.41) is 7.68. The Hall–Kier alpha value is -1.44. The van der Waals surface area contributed by atoms with Crippen LogP contribution in [-0.4, -0.2) is 34.5 Å². The van der Waals surface area contributed by atoms with Crippen molar-refractivity contribution in [3.8, 4) is 0 Å². The van der Waals surface area contributed by atoms with Crippen molar-refractivity contribution in [2.24, 2.45) is 11.7 Å². The molecule has 2 heterocycles. The van der Waals surface area contributed by atoms with Crippen LogP contribution in [0.1, 0.15) is 18.4 Å². The van der Waals surface area contributed by atoms with E-state index in [-0.39, 0.29) is 30.9 Å². The fourth-order valence-corrected chi connectivity index (χ4v) is 2.33. The molecule has 2 rings (SSSR count). The zero-order valence-electron chi connectivity index (χ0n) is 10.0. The predicted octanol–water partition coefficient (Wildman–Crippen LogP) is 1.89. The Morgan fingerprint density at radius 2 is 2.00 bits per heavy atom. The SMILES string of the molecule is NC(=S)c1ccnnc1N1CCC(C(F)(F)F)CC1. The first kappa shape index (κ1) is 14.0. The van der Waals surface area contributed by atoms with Crippen molar-refractivity contribution in [3.05, 3.63) is 17.8 Å². The maximum Gasteiger partial charge on any atom is 0.391 e. The molecule has 1 fully saturated rings. The number of nitrogens with two attached hydrogens (primary N) is 1. The summed E-state index contributed by atoms with van der Waals surface area (Å²) in [6, 6.07) is 1.63. The lowest BCUT2D eigenvalue weighted by Gasteiger charge is -2.34. The second-order valence-corrected chi connectivity index (χ2v) is 4.88. The maximum absolute atomic E-state index is 12.6. The summed E-state index contributed by atoms with van der Waals surface area (Å²) in [5.41, 5.74) is 6.13. The van der Waals surface area contributed by atoms with E-state index in [9.17, 15) is 13.2 Å². The molecular weight excluding hydrogens is 277 g/mol. The highest BCUT2D eigenvalue weighted by atomic mass is 32.1. The minimum absolute atomic E-state index is 0.0524. The van der Waals surface area contributed by atoms with E-state index < -0.39 is 12.1 Å². The highest BCUT2D eigenvalue weighted by Gasteiger charge is 2.41. The summed E-state index contributed by atoms with van der Waals surface area (Å²) in [4.78, 5) is 1.92. The van der Waals surface area contributed by atoms with Crippen molar-refractivity contribution >= 4 is 23.0 Å². The van der Waals surface area contributed by atoms with Gasteiger partial charge in [-0.25, -0.2) is 0 Å². The van der Waals surface area contributed by atoms with E-state index in [1.807, 2.05) is 0 Å². The molecule has 104 valence electrons. The molecule has 0 saturated carbocycles. The zero-order chi connectivity index (χ0) is 14.0. The second-order valence-electron chi connectivity index (χ2n) is 4.44. The van der Waals surface area contributed by atoms with Crippen LogP contribution in [0, 0.1) is 5.92 Å². The lowest BCUT2D eigenvalue weighted by atomic mass is 9.96. The van der Waals surface area contributed by atoms with Gasteiger partial charge in [-0.3, -0.25) is 0 Å². The van der Waals surface area contributed by atoms with E-state index in [2.05, 4.69) is 10.2 Å². The van der Waals surface area contributed by atoms with Gasteiger partial charge in [-0.15, -0.1) is 5.10 Å². The number of rotatable bonds is 2. The largest absolute Gasteiger partial charge is 0.391 e. The van der Waals surface area contributed by atoms with Gasteiger partial charge in [-0.05, 0) is 18.9 Å². The highest BCUT2D eigenvalue weighted by molar-refractivity contribution is 7.80. The van der Waals surface area contributed by atoms with Crippen LogP contribution < -0.4 is 10.6 Å². The monoisotopic (exact) mass is 290 g/mol. The van der Waals surface area contributed by atoms with Crippen molar-refractivity contribution in [1.29, 1.82) is 0 Å². The summed E-state index contributed by atoms with van der Waals surface area (Å²) in [7, 11) is 0. The zero-order valence-corrected chi connectivity index (χ0v) is 10.8. The summed E-state index contributed by atoms with van der Waals surface area (Å²) in [5.74, 6) is -0.774. The molecule has 0 bridgehead atoms. The Balaban J connectivity index is 2.12. The number of hydrogen-bond donors (Lipinski definition) is 1. The standard InChI is InChI=1S/C11H13F3N4S/c12-11(13,14)7-2-5-18(6-3-7)10-8(9(15)19)1-4-16-17-10/h1,4,7H,2-3,5-6H2,(H2,15,19). The van der Waals surface area contributed by atoms with Gasteiger partial charge in [0.2, 0.25) is 0 Å². The molecule has 1 aliphatic rings. The first-order chi connectivity index (χ1) is 8.89. The molecule has 2 N–H and O–H groups in total. The Morgan fingerprint density at radius 3 is 2.53 bits per heavy atom. The average molecular weight is 290 g/mol. The van der Waals surface area contributed by atoms with Crippen LogP contribution in [-0.2, 0) is 0 Å². The number of piperidine rings is 1. The molecular formula is C11H13F3N4S. The number of alkyl halides is 3. The van der Waals surface area contributed by atoms with Crippen LogP contribution in [0.15, 0.2) is 12.3 Å². The molecule has 0 aliphatic carbocycles. The van der Waals surface area contributed by atoms with Crippen molar-refractivity contribution in [2.45, 2.75) is 19.0 Å². The molecule has 0 spiro atoms. The lowest BCUT2D eigenvalue weighted by Crippen LogP contribution is -2.40. The number of nitrogens with zero attached hydrogens (tertiary/aromatic N) is 3. The van der Waals surface area contributed by atoms with Gasteiger partial charge in [0.15, 0.2) is 5.82 Å². The molecule has 1 aliphatic heterocycles. The Bertz CT molecular complexity index is 469. The maximum atomic E-state index is 12.6. The summed E-state index contributed by atoms with van der Waals surface area (Å²) in [6.45, 7) is 0.553. The minimum atomic E-state index is -4.12. The summed E-state index contributed by atoms with van der Waals surface area (Å²) < 4.78 is 37.8. The van der Waals surface area contributed by atoms with Crippen LogP contribution in [0.2, 0.25) is 0 Å². The summed E-state index contributed by atoms with van der Waals surface area (Å²) >= 11 is 4.90. The third kappa shape index (κ3) is 3.12. The lowest BCUT2D eigenvalue weighted by molar-refractivity contribution is -0.179. The second kappa shape index (κ2) is 5.28. The van der Waals surface area contributed by atoms with Gasteiger partial charge in [0.1, 0.15) is 4.99 Å². The minimum Gasteiger partial charge on any atom is -0.389 e. The van der Waals surface area contributed by atoms with Gasteiger partial charge in [0.05, 0.1) is 17.7 Å². The molecule has 0 atom stereocenters. The molecule has 0 radical (unpaired) electrons. The third-order valence-corrected chi connectivity index (χ3v) is 3.44. The van der Waals surface area contributed by atoms with E-state index in [4.69, 9.17) is 18.0 Å².